The lowest BCUT2D eigenvalue weighted by atomic mass is 10.0. The first kappa shape index (κ1) is 11.4. The molecule has 3 nitrogen and oxygen atoms in total. The van der Waals surface area contributed by atoms with Crippen molar-refractivity contribution in [3.63, 3.8) is 0 Å². The molecule has 2 aliphatic carbocycles. The Morgan fingerprint density at radius 3 is 2.47 bits per heavy atom. The Hall–Kier alpha value is -0.120. The van der Waals surface area contributed by atoms with E-state index in [4.69, 9.17) is 5.73 Å². The van der Waals surface area contributed by atoms with E-state index in [1.54, 1.807) is 0 Å². The normalized spacial score (nSPS) is 25.6. The fourth-order valence-electron chi connectivity index (χ4n) is 1.98. The van der Waals surface area contributed by atoms with Crippen molar-refractivity contribution >= 4 is 0 Å². The standard InChI is InChI=1S/C12H24N2O/c1-12(15,9-13)6-7-14(11-4-5-11)8-10-2-3-10/h10-11,15H,2-9,13H2,1H3. The Morgan fingerprint density at radius 1 is 1.33 bits per heavy atom. The first-order valence-electron chi connectivity index (χ1n) is 6.27. The molecule has 0 aromatic heterocycles. The van der Waals surface area contributed by atoms with Crippen LogP contribution in [0.1, 0.15) is 39.0 Å². The molecule has 0 bridgehead atoms. The molecular formula is C12H24N2O. The number of rotatable bonds is 7. The molecule has 1 atom stereocenters. The fourth-order valence-corrected chi connectivity index (χ4v) is 1.98. The fraction of sp³-hybridized carbons (Fsp3) is 1.00. The van der Waals surface area contributed by atoms with Crippen LogP contribution in [-0.2, 0) is 0 Å². The van der Waals surface area contributed by atoms with E-state index < -0.39 is 5.60 Å². The quantitative estimate of drug-likeness (QED) is 0.661. The summed E-state index contributed by atoms with van der Waals surface area (Å²) in [6.45, 7) is 4.49. The van der Waals surface area contributed by atoms with Gasteiger partial charge in [0.1, 0.15) is 0 Å². The number of aliphatic hydroxyl groups is 1. The largest absolute Gasteiger partial charge is 0.389 e. The van der Waals surface area contributed by atoms with Crippen LogP contribution in [0.4, 0.5) is 0 Å². The monoisotopic (exact) mass is 212 g/mol. The highest BCUT2D eigenvalue weighted by atomic mass is 16.3. The van der Waals surface area contributed by atoms with Gasteiger partial charge in [0.15, 0.2) is 0 Å². The van der Waals surface area contributed by atoms with Gasteiger partial charge >= 0.3 is 0 Å². The van der Waals surface area contributed by atoms with Gasteiger partial charge in [-0.05, 0) is 44.9 Å². The van der Waals surface area contributed by atoms with Gasteiger partial charge in [-0.1, -0.05) is 0 Å². The molecular weight excluding hydrogens is 188 g/mol. The second kappa shape index (κ2) is 4.40. The number of hydrogen-bond donors (Lipinski definition) is 2. The predicted molar refractivity (Wildman–Crippen MR) is 61.6 cm³/mol. The van der Waals surface area contributed by atoms with Gasteiger partial charge in [0.05, 0.1) is 5.60 Å². The van der Waals surface area contributed by atoms with Gasteiger partial charge in [-0.15, -0.1) is 0 Å². The summed E-state index contributed by atoms with van der Waals surface area (Å²) in [6, 6.07) is 0.819. The van der Waals surface area contributed by atoms with Crippen molar-refractivity contribution < 1.29 is 5.11 Å². The van der Waals surface area contributed by atoms with Crippen LogP contribution in [0.3, 0.4) is 0 Å². The molecule has 0 saturated heterocycles. The molecule has 15 heavy (non-hydrogen) atoms. The van der Waals surface area contributed by atoms with Crippen LogP contribution in [0.2, 0.25) is 0 Å². The van der Waals surface area contributed by atoms with E-state index in [9.17, 15) is 5.11 Å². The topological polar surface area (TPSA) is 49.5 Å². The lowest BCUT2D eigenvalue weighted by Crippen LogP contribution is -2.39. The van der Waals surface area contributed by atoms with Crippen LogP contribution in [0, 0.1) is 5.92 Å². The van der Waals surface area contributed by atoms with Crippen LogP contribution < -0.4 is 5.73 Å². The maximum atomic E-state index is 9.87. The minimum absolute atomic E-state index is 0.370. The maximum Gasteiger partial charge on any atom is 0.0753 e. The van der Waals surface area contributed by atoms with Crippen molar-refractivity contribution in [3.05, 3.63) is 0 Å². The van der Waals surface area contributed by atoms with Crippen LogP contribution in [0.5, 0.6) is 0 Å². The third-order valence-electron chi connectivity index (χ3n) is 3.63. The van der Waals surface area contributed by atoms with Gasteiger partial charge in [0.25, 0.3) is 0 Å². The van der Waals surface area contributed by atoms with E-state index >= 15 is 0 Å². The maximum absolute atomic E-state index is 9.87. The Morgan fingerprint density at radius 2 is 2.00 bits per heavy atom. The molecule has 0 heterocycles. The van der Waals surface area contributed by atoms with Gasteiger partial charge in [0, 0.05) is 25.7 Å². The number of nitrogens with zero attached hydrogens (tertiary/aromatic N) is 1. The van der Waals surface area contributed by atoms with Crippen molar-refractivity contribution in [2.45, 2.75) is 50.7 Å². The highest BCUT2D eigenvalue weighted by molar-refractivity contribution is 4.89. The van der Waals surface area contributed by atoms with Crippen molar-refractivity contribution in [2.75, 3.05) is 19.6 Å². The summed E-state index contributed by atoms with van der Waals surface area (Å²) < 4.78 is 0. The molecule has 88 valence electrons. The molecule has 2 aliphatic rings. The van der Waals surface area contributed by atoms with Crippen molar-refractivity contribution in [2.24, 2.45) is 11.7 Å². The SMILES string of the molecule is CC(O)(CN)CCN(CC1CC1)C1CC1. The summed E-state index contributed by atoms with van der Waals surface area (Å²) in [6.07, 6.45) is 6.36. The second-order valence-electron chi connectivity index (χ2n) is 5.62. The number of hydrogen-bond acceptors (Lipinski definition) is 3. The molecule has 0 aromatic carbocycles. The Labute approximate surface area is 92.6 Å². The molecule has 0 amide bonds. The summed E-state index contributed by atoms with van der Waals surface area (Å²) in [5, 5.41) is 9.87. The summed E-state index contributed by atoms with van der Waals surface area (Å²) in [4.78, 5) is 2.57. The zero-order valence-corrected chi connectivity index (χ0v) is 9.78. The summed E-state index contributed by atoms with van der Waals surface area (Å²) in [5.74, 6) is 0.952. The van der Waals surface area contributed by atoms with E-state index in [0.717, 1.165) is 24.9 Å². The molecule has 2 rings (SSSR count). The molecule has 2 saturated carbocycles. The molecule has 0 aromatic rings. The van der Waals surface area contributed by atoms with E-state index in [0.29, 0.717) is 6.54 Å². The average molecular weight is 212 g/mol. The van der Waals surface area contributed by atoms with E-state index in [2.05, 4.69) is 4.90 Å². The molecule has 1 unspecified atom stereocenters. The Kier molecular flexibility index (Phi) is 3.33. The first-order chi connectivity index (χ1) is 7.11. The predicted octanol–water partition coefficient (Wildman–Crippen LogP) is 0.961. The zero-order valence-electron chi connectivity index (χ0n) is 9.78. The van der Waals surface area contributed by atoms with E-state index in [1.807, 2.05) is 6.92 Å². The zero-order chi connectivity index (χ0) is 10.9. The van der Waals surface area contributed by atoms with Crippen LogP contribution in [0.25, 0.3) is 0 Å². The van der Waals surface area contributed by atoms with Gasteiger partial charge in [0.2, 0.25) is 0 Å². The van der Waals surface area contributed by atoms with E-state index in [1.165, 1.54) is 32.2 Å². The van der Waals surface area contributed by atoms with Crippen molar-refractivity contribution in [1.29, 1.82) is 0 Å². The average Bonchev–Trinajstić information content (AvgIpc) is 3.01. The first-order valence-corrected chi connectivity index (χ1v) is 6.27. The minimum atomic E-state index is -0.670. The molecule has 3 N–H and O–H groups in total. The highest BCUT2D eigenvalue weighted by Crippen LogP contribution is 2.35. The lowest BCUT2D eigenvalue weighted by Gasteiger charge is -2.27. The summed E-state index contributed by atoms with van der Waals surface area (Å²) >= 11 is 0. The second-order valence-corrected chi connectivity index (χ2v) is 5.62. The summed E-state index contributed by atoms with van der Waals surface area (Å²) in [5.41, 5.74) is 4.86. The van der Waals surface area contributed by atoms with Crippen molar-refractivity contribution in [3.8, 4) is 0 Å². The van der Waals surface area contributed by atoms with Gasteiger partial charge in [-0.3, -0.25) is 0 Å². The van der Waals surface area contributed by atoms with Gasteiger partial charge in [-0.25, -0.2) is 0 Å². The summed E-state index contributed by atoms with van der Waals surface area (Å²) in [7, 11) is 0. The molecule has 0 spiro atoms. The van der Waals surface area contributed by atoms with Crippen LogP contribution in [-0.4, -0.2) is 41.3 Å². The molecule has 0 radical (unpaired) electrons. The highest BCUT2D eigenvalue weighted by Gasteiger charge is 2.34. The molecule has 3 heteroatoms. The van der Waals surface area contributed by atoms with Crippen LogP contribution in [0.15, 0.2) is 0 Å². The van der Waals surface area contributed by atoms with Gasteiger partial charge in [-0.2, -0.15) is 0 Å². The van der Waals surface area contributed by atoms with Crippen molar-refractivity contribution in [1.82, 2.24) is 4.90 Å². The molecule has 0 aliphatic heterocycles. The third kappa shape index (κ3) is 3.74. The van der Waals surface area contributed by atoms with Crippen LogP contribution >= 0.6 is 0 Å². The molecule has 2 fully saturated rings. The Bertz CT molecular complexity index is 210. The minimum Gasteiger partial charge on any atom is -0.389 e. The van der Waals surface area contributed by atoms with Gasteiger partial charge < -0.3 is 15.7 Å². The lowest BCUT2D eigenvalue weighted by molar-refractivity contribution is 0.0460. The smallest absolute Gasteiger partial charge is 0.0753 e. The number of nitrogens with two attached hydrogens (primary N) is 1. The van der Waals surface area contributed by atoms with E-state index in [-0.39, 0.29) is 0 Å². The Balaban J connectivity index is 1.73. The third-order valence-corrected chi connectivity index (χ3v) is 3.63.